The van der Waals surface area contributed by atoms with Crippen LogP contribution in [-0.4, -0.2) is 35.2 Å². The average Bonchev–Trinajstić information content (AvgIpc) is 2.85. The van der Waals surface area contributed by atoms with Gasteiger partial charge in [-0.15, -0.1) is 0 Å². The second-order valence-corrected chi connectivity index (χ2v) is 12.7. The molecule has 0 spiro atoms. The van der Waals surface area contributed by atoms with Gasteiger partial charge in [0.15, 0.2) is 8.32 Å². The highest BCUT2D eigenvalue weighted by Gasteiger charge is 2.42. The van der Waals surface area contributed by atoms with Crippen LogP contribution in [0.1, 0.15) is 39.4 Å². The lowest BCUT2D eigenvalue weighted by Crippen LogP contribution is -2.43. The van der Waals surface area contributed by atoms with E-state index in [2.05, 4.69) is 38.8 Å². The van der Waals surface area contributed by atoms with Gasteiger partial charge in [-0.25, -0.2) is 4.98 Å². The van der Waals surface area contributed by atoms with Gasteiger partial charge in [0.1, 0.15) is 5.82 Å². The summed E-state index contributed by atoms with van der Waals surface area (Å²) in [6.45, 7) is 11.3. The van der Waals surface area contributed by atoms with E-state index in [0.717, 1.165) is 25.1 Å². The quantitative estimate of drug-likeness (QED) is 0.869. The van der Waals surface area contributed by atoms with Gasteiger partial charge >= 0.3 is 0 Å². The third-order valence-corrected chi connectivity index (χ3v) is 9.78. The number of aliphatic hydroxyl groups is 1. The highest BCUT2D eigenvalue weighted by molar-refractivity contribution is 6.74. The standard InChI is InChI=1S/C16H30N2O2Si/c1-16(2,3)21(5,6)20-13-9-12(14(19)11-13)10-15-17-7-8-18(15)4/h7-8,12-14,19H,9-11H2,1-6H3/t12-,13+,14+/m0/s1. The summed E-state index contributed by atoms with van der Waals surface area (Å²) in [5.41, 5.74) is 0. The Morgan fingerprint density at radius 2 is 2.05 bits per heavy atom. The molecule has 1 aromatic heterocycles. The van der Waals surface area contributed by atoms with Crippen molar-refractivity contribution in [2.24, 2.45) is 13.0 Å². The predicted molar refractivity (Wildman–Crippen MR) is 87.7 cm³/mol. The summed E-state index contributed by atoms with van der Waals surface area (Å²) in [4.78, 5) is 4.37. The number of rotatable bonds is 4. The fourth-order valence-electron chi connectivity index (χ4n) is 2.79. The number of aromatic nitrogens is 2. The molecule has 0 radical (unpaired) electrons. The Morgan fingerprint density at radius 1 is 1.38 bits per heavy atom. The van der Waals surface area contributed by atoms with Gasteiger partial charge in [-0.3, -0.25) is 0 Å². The maximum Gasteiger partial charge on any atom is 0.192 e. The van der Waals surface area contributed by atoms with Crippen LogP contribution >= 0.6 is 0 Å². The monoisotopic (exact) mass is 310 g/mol. The molecule has 0 unspecified atom stereocenters. The zero-order chi connectivity index (χ0) is 15.8. The van der Waals surface area contributed by atoms with E-state index in [1.54, 1.807) is 0 Å². The Balaban J connectivity index is 1.97. The van der Waals surface area contributed by atoms with E-state index in [-0.39, 0.29) is 23.2 Å². The maximum atomic E-state index is 10.3. The molecule has 120 valence electrons. The van der Waals surface area contributed by atoms with Gasteiger partial charge in [0, 0.05) is 32.0 Å². The largest absolute Gasteiger partial charge is 0.414 e. The summed E-state index contributed by atoms with van der Waals surface area (Å²) in [7, 11) is 0.256. The second kappa shape index (κ2) is 5.86. The molecule has 4 nitrogen and oxygen atoms in total. The Bertz CT molecular complexity index is 479. The molecule has 0 aromatic carbocycles. The summed E-state index contributed by atoms with van der Waals surface area (Å²) in [5, 5.41) is 10.6. The van der Waals surface area contributed by atoms with Crippen LogP contribution in [0.3, 0.4) is 0 Å². The van der Waals surface area contributed by atoms with Crippen molar-refractivity contribution in [3.05, 3.63) is 18.2 Å². The molecule has 1 aromatic rings. The lowest BCUT2D eigenvalue weighted by Gasteiger charge is -2.38. The average molecular weight is 311 g/mol. The summed E-state index contributed by atoms with van der Waals surface area (Å²) >= 11 is 0. The van der Waals surface area contributed by atoms with Crippen LogP contribution in [0.5, 0.6) is 0 Å². The van der Waals surface area contributed by atoms with Crippen LogP contribution in [0.15, 0.2) is 12.4 Å². The third kappa shape index (κ3) is 3.76. The Labute approximate surface area is 129 Å². The molecule has 1 saturated carbocycles. The Kier molecular flexibility index (Phi) is 4.66. The molecule has 3 atom stereocenters. The molecule has 21 heavy (non-hydrogen) atoms. The molecule has 5 heteroatoms. The first-order chi connectivity index (χ1) is 9.60. The molecule has 1 aliphatic rings. The normalized spacial score (nSPS) is 27.3. The lowest BCUT2D eigenvalue weighted by atomic mass is 10.0. The SMILES string of the molecule is Cn1ccnc1C[C@@H]1C[C@@H](O[Si](C)(C)C(C)(C)C)C[C@H]1O. The zero-order valence-electron chi connectivity index (χ0n) is 14.3. The van der Waals surface area contributed by atoms with Crippen LogP contribution < -0.4 is 0 Å². The lowest BCUT2D eigenvalue weighted by molar-refractivity contribution is 0.120. The van der Waals surface area contributed by atoms with E-state index in [1.165, 1.54) is 0 Å². The molecule has 0 bridgehead atoms. The first kappa shape index (κ1) is 16.7. The number of aliphatic hydroxyl groups excluding tert-OH is 1. The number of hydrogen-bond donors (Lipinski definition) is 1. The number of aryl methyl sites for hydroxylation is 1. The minimum absolute atomic E-state index is 0.200. The van der Waals surface area contributed by atoms with Gasteiger partial charge in [-0.05, 0) is 36.9 Å². The van der Waals surface area contributed by atoms with Gasteiger partial charge < -0.3 is 14.1 Å². The molecule has 0 aliphatic heterocycles. The fourth-order valence-corrected chi connectivity index (χ4v) is 4.17. The van der Waals surface area contributed by atoms with Crippen molar-refractivity contribution in [2.45, 2.75) is 70.4 Å². The highest BCUT2D eigenvalue weighted by atomic mass is 28.4. The summed E-state index contributed by atoms with van der Waals surface area (Å²) < 4.78 is 8.50. The van der Waals surface area contributed by atoms with E-state index in [1.807, 2.05) is 24.0 Å². The maximum absolute atomic E-state index is 10.3. The van der Waals surface area contributed by atoms with Crippen molar-refractivity contribution >= 4 is 8.32 Å². The molecule has 1 N–H and O–H groups in total. The van der Waals surface area contributed by atoms with Crippen LogP contribution in [-0.2, 0) is 17.9 Å². The number of imidazole rings is 1. The highest BCUT2D eigenvalue weighted by Crippen LogP contribution is 2.40. The third-order valence-electron chi connectivity index (χ3n) is 5.25. The van der Waals surface area contributed by atoms with Crippen molar-refractivity contribution in [2.75, 3.05) is 0 Å². The first-order valence-electron chi connectivity index (χ1n) is 7.92. The topological polar surface area (TPSA) is 47.3 Å². The minimum Gasteiger partial charge on any atom is -0.414 e. The van der Waals surface area contributed by atoms with E-state index in [4.69, 9.17) is 4.43 Å². The Morgan fingerprint density at radius 3 is 2.57 bits per heavy atom. The van der Waals surface area contributed by atoms with Crippen molar-refractivity contribution in [3.8, 4) is 0 Å². The first-order valence-corrected chi connectivity index (χ1v) is 10.8. The fraction of sp³-hybridized carbons (Fsp3) is 0.812. The Hall–Kier alpha value is -0.653. The molecular weight excluding hydrogens is 280 g/mol. The van der Waals surface area contributed by atoms with Crippen molar-refractivity contribution < 1.29 is 9.53 Å². The van der Waals surface area contributed by atoms with Gasteiger partial charge in [0.2, 0.25) is 0 Å². The van der Waals surface area contributed by atoms with Gasteiger partial charge in [0.05, 0.1) is 6.10 Å². The van der Waals surface area contributed by atoms with Gasteiger partial charge in [-0.2, -0.15) is 0 Å². The van der Waals surface area contributed by atoms with E-state index in [0.29, 0.717) is 0 Å². The van der Waals surface area contributed by atoms with Gasteiger partial charge in [-0.1, -0.05) is 20.8 Å². The van der Waals surface area contributed by atoms with Crippen molar-refractivity contribution in [1.82, 2.24) is 9.55 Å². The summed E-state index contributed by atoms with van der Waals surface area (Å²) in [5.74, 6) is 1.31. The molecule has 1 fully saturated rings. The second-order valence-electron chi connectivity index (χ2n) is 7.96. The molecule has 2 rings (SSSR count). The van der Waals surface area contributed by atoms with Gasteiger partial charge in [0.25, 0.3) is 0 Å². The smallest absolute Gasteiger partial charge is 0.192 e. The van der Waals surface area contributed by atoms with Crippen LogP contribution in [0.2, 0.25) is 18.1 Å². The van der Waals surface area contributed by atoms with Crippen LogP contribution in [0, 0.1) is 5.92 Å². The van der Waals surface area contributed by atoms with E-state index in [9.17, 15) is 5.11 Å². The van der Waals surface area contributed by atoms with E-state index < -0.39 is 8.32 Å². The predicted octanol–water partition coefficient (Wildman–Crippen LogP) is 3.12. The number of nitrogens with zero attached hydrogens (tertiary/aromatic N) is 2. The van der Waals surface area contributed by atoms with Crippen molar-refractivity contribution in [1.29, 1.82) is 0 Å². The minimum atomic E-state index is -1.75. The van der Waals surface area contributed by atoms with Crippen molar-refractivity contribution in [3.63, 3.8) is 0 Å². The number of hydrogen-bond acceptors (Lipinski definition) is 3. The zero-order valence-corrected chi connectivity index (χ0v) is 15.3. The van der Waals surface area contributed by atoms with E-state index >= 15 is 0 Å². The molecule has 0 amide bonds. The molecular formula is C16H30N2O2Si. The summed E-state index contributed by atoms with van der Waals surface area (Å²) in [6, 6.07) is 0. The molecule has 1 heterocycles. The molecule has 1 aliphatic carbocycles. The van der Waals surface area contributed by atoms with Crippen LogP contribution in [0.4, 0.5) is 0 Å². The molecule has 0 saturated heterocycles. The van der Waals surface area contributed by atoms with Crippen LogP contribution in [0.25, 0.3) is 0 Å². The summed E-state index contributed by atoms with van der Waals surface area (Å²) in [6.07, 6.45) is 6.26.